The van der Waals surface area contributed by atoms with E-state index in [4.69, 9.17) is 5.73 Å². The fraction of sp³-hybridized carbons (Fsp3) is 0.263. The first kappa shape index (κ1) is 15.8. The molecule has 0 radical (unpaired) electrons. The van der Waals surface area contributed by atoms with Crippen molar-refractivity contribution in [2.75, 3.05) is 6.54 Å². The van der Waals surface area contributed by atoms with Crippen molar-refractivity contribution in [3.63, 3.8) is 0 Å². The van der Waals surface area contributed by atoms with Crippen LogP contribution in [0.15, 0.2) is 36.4 Å². The van der Waals surface area contributed by atoms with Crippen LogP contribution in [0.5, 0.6) is 0 Å². The van der Waals surface area contributed by atoms with Gasteiger partial charge in [0.1, 0.15) is 23.2 Å². The Kier molecular flexibility index (Phi) is 3.97. The molecule has 25 heavy (non-hydrogen) atoms. The highest BCUT2D eigenvalue weighted by Gasteiger charge is 2.21. The molecule has 1 aliphatic rings. The number of rotatable bonds is 3. The fourth-order valence-corrected chi connectivity index (χ4v) is 3.56. The molecule has 128 valence electrons. The van der Waals surface area contributed by atoms with E-state index in [2.05, 4.69) is 15.3 Å². The minimum absolute atomic E-state index is 0.309. The van der Waals surface area contributed by atoms with E-state index in [1.54, 1.807) is 30.3 Å². The number of primary amides is 1. The summed E-state index contributed by atoms with van der Waals surface area (Å²) in [5, 5.41) is 2.28. The summed E-state index contributed by atoms with van der Waals surface area (Å²) < 4.78 is 14.7. The molecule has 1 saturated heterocycles. The number of halogens is 1. The van der Waals surface area contributed by atoms with E-state index in [0.29, 0.717) is 34.0 Å². The van der Waals surface area contributed by atoms with Crippen molar-refractivity contribution in [1.82, 2.24) is 9.97 Å². The second-order valence-electron chi connectivity index (χ2n) is 6.52. The van der Waals surface area contributed by atoms with Crippen molar-refractivity contribution in [3.8, 4) is 11.4 Å². The van der Waals surface area contributed by atoms with Gasteiger partial charge in [0.05, 0.1) is 23.2 Å². The first-order valence-corrected chi connectivity index (χ1v) is 8.55. The smallest absolute Gasteiger partial charge is 0.250 e. The quantitative estimate of drug-likeness (QED) is 0.683. The lowest BCUT2D eigenvalue weighted by molar-refractivity contribution is -0.704. The Morgan fingerprint density at radius 3 is 2.88 bits per heavy atom. The van der Waals surface area contributed by atoms with Crippen LogP contribution in [0.3, 0.4) is 0 Å². The number of quaternary nitrogens is 1. The van der Waals surface area contributed by atoms with Gasteiger partial charge in [-0.2, -0.15) is 0 Å². The number of para-hydroxylation sites is 1. The van der Waals surface area contributed by atoms with Gasteiger partial charge in [-0.1, -0.05) is 12.1 Å². The molecule has 1 aliphatic heterocycles. The van der Waals surface area contributed by atoms with Gasteiger partial charge in [0, 0.05) is 12.0 Å². The van der Waals surface area contributed by atoms with Crippen LogP contribution in [0.25, 0.3) is 22.4 Å². The van der Waals surface area contributed by atoms with Crippen LogP contribution in [0, 0.1) is 5.82 Å². The molecule has 0 aliphatic carbocycles. The van der Waals surface area contributed by atoms with Crippen LogP contribution in [-0.4, -0.2) is 22.4 Å². The molecule has 0 saturated carbocycles. The molecule has 2 heterocycles. The summed E-state index contributed by atoms with van der Waals surface area (Å²) in [4.78, 5) is 19.0. The third-order valence-electron chi connectivity index (χ3n) is 4.88. The van der Waals surface area contributed by atoms with Gasteiger partial charge in [0.2, 0.25) is 0 Å². The van der Waals surface area contributed by atoms with Crippen molar-refractivity contribution < 1.29 is 14.5 Å². The number of carbonyl (C=O) groups excluding carboxylic acids is 1. The number of carbonyl (C=O) groups is 1. The second kappa shape index (κ2) is 6.29. The summed E-state index contributed by atoms with van der Waals surface area (Å²) in [6.07, 6.45) is 3.48. The summed E-state index contributed by atoms with van der Waals surface area (Å²) in [5.41, 5.74) is 8.25. The number of fused-ring (bicyclic) bond motifs is 1. The van der Waals surface area contributed by atoms with E-state index in [1.807, 2.05) is 6.07 Å². The molecule has 3 aromatic rings. The zero-order valence-corrected chi connectivity index (χ0v) is 13.8. The standard InChI is InChI=1S/C19H19FN4O/c20-14-10-11(15-5-1-2-9-22-15)7-8-12(14)19-23-16-6-3-4-13(18(21)25)17(16)24-19/h3-4,6-8,10,15,22H,1-2,5,9H2,(H2,21,25)(H,23,24)/p+1/t15-/m0/s1. The van der Waals surface area contributed by atoms with E-state index >= 15 is 0 Å². The van der Waals surface area contributed by atoms with Crippen LogP contribution >= 0.6 is 0 Å². The zero-order valence-electron chi connectivity index (χ0n) is 13.8. The van der Waals surface area contributed by atoms with Crippen LogP contribution in [0.2, 0.25) is 0 Å². The molecular formula is C19H20FN4O+. The summed E-state index contributed by atoms with van der Waals surface area (Å²) in [5.74, 6) is -0.455. The number of amides is 1. The van der Waals surface area contributed by atoms with Crippen molar-refractivity contribution in [2.24, 2.45) is 5.73 Å². The highest BCUT2D eigenvalue weighted by molar-refractivity contribution is 6.04. The third kappa shape index (κ3) is 2.89. The molecule has 6 heteroatoms. The molecule has 5 N–H and O–H groups in total. The number of hydrogen-bond donors (Lipinski definition) is 3. The lowest BCUT2D eigenvalue weighted by Crippen LogP contribution is -2.86. The fourth-order valence-electron chi connectivity index (χ4n) is 3.56. The van der Waals surface area contributed by atoms with Gasteiger partial charge in [-0.15, -0.1) is 0 Å². The number of nitrogens with one attached hydrogen (secondary N) is 1. The van der Waals surface area contributed by atoms with Gasteiger partial charge in [-0.05, 0) is 37.1 Å². The largest absolute Gasteiger partial charge is 0.366 e. The van der Waals surface area contributed by atoms with Crippen LogP contribution in [0.1, 0.15) is 41.2 Å². The lowest BCUT2D eigenvalue weighted by Gasteiger charge is -2.20. The van der Waals surface area contributed by atoms with Gasteiger partial charge < -0.3 is 16.0 Å². The van der Waals surface area contributed by atoms with E-state index in [0.717, 1.165) is 18.5 Å². The number of H-pyrrole nitrogens is 1. The zero-order chi connectivity index (χ0) is 17.4. The first-order chi connectivity index (χ1) is 12.1. The maximum Gasteiger partial charge on any atom is 0.250 e. The van der Waals surface area contributed by atoms with Crippen LogP contribution in [-0.2, 0) is 0 Å². The Labute approximate surface area is 144 Å². The Bertz CT molecular complexity index is 944. The summed E-state index contributed by atoms with van der Waals surface area (Å²) in [6.45, 7) is 1.09. The Hall–Kier alpha value is -2.73. The highest BCUT2D eigenvalue weighted by atomic mass is 19.1. The molecule has 1 aromatic heterocycles. The molecule has 0 unspecified atom stereocenters. The van der Waals surface area contributed by atoms with Crippen LogP contribution < -0.4 is 11.1 Å². The molecule has 1 amide bonds. The number of piperidine rings is 1. The SMILES string of the molecule is NC(=O)c1cccc2[nH]c(-c3ccc([C@@H]4CCCC[NH2+]4)cc3F)nc12. The van der Waals surface area contributed by atoms with Gasteiger partial charge >= 0.3 is 0 Å². The Morgan fingerprint density at radius 2 is 2.16 bits per heavy atom. The predicted octanol–water partition coefficient (Wildman–Crippen LogP) is 2.26. The normalized spacial score (nSPS) is 17.7. The molecule has 1 fully saturated rings. The molecule has 5 nitrogen and oxygen atoms in total. The van der Waals surface area contributed by atoms with E-state index in [9.17, 15) is 9.18 Å². The number of benzene rings is 2. The van der Waals surface area contributed by atoms with Crippen molar-refractivity contribution >= 4 is 16.9 Å². The molecular weight excluding hydrogens is 319 g/mol. The minimum Gasteiger partial charge on any atom is -0.366 e. The Balaban J connectivity index is 1.73. The number of nitrogens with zero attached hydrogens (tertiary/aromatic N) is 1. The molecule has 1 atom stereocenters. The lowest BCUT2D eigenvalue weighted by atomic mass is 9.96. The van der Waals surface area contributed by atoms with E-state index < -0.39 is 5.91 Å². The monoisotopic (exact) mass is 339 g/mol. The average Bonchev–Trinajstić information content (AvgIpc) is 3.06. The molecule has 4 rings (SSSR count). The maximum absolute atomic E-state index is 14.7. The van der Waals surface area contributed by atoms with Gasteiger partial charge in [-0.25, -0.2) is 9.37 Å². The molecule has 2 aromatic carbocycles. The number of aromatic nitrogens is 2. The van der Waals surface area contributed by atoms with Crippen molar-refractivity contribution in [2.45, 2.75) is 25.3 Å². The topological polar surface area (TPSA) is 88.4 Å². The van der Waals surface area contributed by atoms with Gasteiger partial charge in [0.15, 0.2) is 0 Å². The van der Waals surface area contributed by atoms with Crippen molar-refractivity contribution in [1.29, 1.82) is 0 Å². The summed E-state index contributed by atoms with van der Waals surface area (Å²) in [7, 11) is 0. The average molecular weight is 339 g/mol. The van der Waals surface area contributed by atoms with Gasteiger partial charge in [0.25, 0.3) is 5.91 Å². The first-order valence-electron chi connectivity index (χ1n) is 8.55. The maximum atomic E-state index is 14.7. The Morgan fingerprint density at radius 1 is 1.28 bits per heavy atom. The van der Waals surface area contributed by atoms with E-state index in [-0.39, 0.29) is 5.82 Å². The summed E-state index contributed by atoms with van der Waals surface area (Å²) in [6, 6.07) is 10.8. The molecule has 0 bridgehead atoms. The number of nitrogens with two attached hydrogens (primary N) is 2. The number of hydrogen-bond acceptors (Lipinski definition) is 2. The van der Waals surface area contributed by atoms with E-state index in [1.165, 1.54) is 12.8 Å². The minimum atomic E-state index is -0.549. The van der Waals surface area contributed by atoms with Gasteiger partial charge in [-0.3, -0.25) is 4.79 Å². The summed E-state index contributed by atoms with van der Waals surface area (Å²) >= 11 is 0. The number of aromatic amines is 1. The predicted molar refractivity (Wildman–Crippen MR) is 93.4 cm³/mol. The number of imidazole rings is 1. The van der Waals surface area contributed by atoms with Crippen LogP contribution in [0.4, 0.5) is 4.39 Å². The second-order valence-corrected chi connectivity index (χ2v) is 6.52. The molecule has 0 spiro atoms. The van der Waals surface area contributed by atoms with Crippen molar-refractivity contribution in [3.05, 3.63) is 53.3 Å². The highest BCUT2D eigenvalue weighted by Crippen LogP contribution is 2.27. The third-order valence-corrected chi connectivity index (χ3v) is 4.88.